The summed E-state index contributed by atoms with van der Waals surface area (Å²) in [6.45, 7) is 6.81. The van der Waals surface area contributed by atoms with Crippen LogP contribution in [0.3, 0.4) is 0 Å². The van der Waals surface area contributed by atoms with Gasteiger partial charge in [0.25, 0.3) is 5.91 Å². The van der Waals surface area contributed by atoms with Gasteiger partial charge in [0.1, 0.15) is 5.76 Å². The zero-order chi connectivity index (χ0) is 18.1. The second-order valence-electron chi connectivity index (χ2n) is 7.81. The lowest BCUT2D eigenvalue weighted by atomic mass is 9.94. The minimum absolute atomic E-state index is 0.0499. The van der Waals surface area contributed by atoms with Gasteiger partial charge in [0, 0.05) is 51.8 Å². The van der Waals surface area contributed by atoms with Gasteiger partial charge in [-0.25, -0.2) is 0 Å². The first-order chi connectivity index (χ1) is 11.8. The number of carbonyl (C=O) groups excluding carboxylic acids is 2. The molecule has 0 radical (unpaired) electrons. The highest BCUT2D eigenvalue weighted by Gasteiger charge is 2.38. The predicted octanol–water partition coefficient (Wildman–Crippen LogP) is 1.42. The molecule has 2 bridgehead atoms. The second kappa shape index (κ2) is 7.15. The van der Waals surface area contributed by atoms with E-state index < -0.39 is 0 Å². The van der Waals surface area contributed by atoms with Gasteiger partial charge < -0.3 is 14.3 Å². The van der Waals surface area contributed by atoms with Crippen LogP contribution >= 0.6 is 0 Å². The summed E-state index contributed by atoms with van der Waals surface area (Å²) >= 11 is 0. The fourth-order valence-corrected chi connectivity index (χ4v) is 3.70. The smallest absolute Gasteiger partial charge is 0.276 e. The molecular formula is C18H28N4O3. The van der Waals surface area contributed by atoms with Gasteiger partial charge in [-0.3, -0.25) is 14.5 Å². The molecule has 7 nitrogen and oxygen atoms in total. The van der Waals surface area contributed by atoms with E-state index in [-0.39, 0.29) is 23.8 Å². The molecule has 0 aliphatic carbocycles. The Morgan fingerprint density at radius 1 is 1.28 bits per heavy atom. The lowest BCUT2D eigenvalue weighted by molar-refractivity contribution is -0.129. The first-order valence-corrected chi connectivity index (χ1v) is 9.05. The van der Waals surface area contributed by atoms with Crippen molar-refractivity contribution in [2.45, 2.75) is 38.6 Å². The Kier molecular flexibility index (Phi) is 5.13. The third kappa shape index (κ3) is 3.86. The highest BCUT2D eigenvalue weighted by molar-refractivity contribution is 5.92. The zero-order valence-corrected chi connectivity index (χ0v) is 15.6. The van der Waals surface area contributed by atoms with Crippen LogP contribution in [0.4, 0.5) is 0 Å². The van der Waals surface area contributed by atoms with E-state index in [4.69, 9.17) is 4.52 Å². The Labute approximate surface area is 148 Å². The zero-order valence-electron chi connectivity index (χ0n) is 15.6. The van der Waals surface area contributed by atoms with Crippen LogP contribution in [0.2, 0.25) is 0 Å². The van der Waals surface area contributed by atoms with Crippen LogP contribution in [0.5, 0.6) is 0 Å². The van der Waals surface area contributed by atoms with Crippen LogP contribution < -0.4 is 0 Å². The Morgan fingerprint density at radius 3 is 2.68 bits per heavy atom. The van der Waals surface area contributed by atoms with Crippen LogP contribution in [0.25, 0.3) is 0 Å². The van der Waals surface area contributed by atoms with Crippen molar-refractivity contribution in [3.8, 4) is 0 Å². The topological polar surface area (TPSA) is 69.9 Å². The molecule has 1 aromatic heterocycles. The highest BCUT2D eigenvalue weighted by atomic mass is 16.5. The number of fused-ring (bicyclic) bond motifs is 4. The molecule has 0 N–H and O–H groups in total. The van der Waals surface area contributed by atoms with E-state index in [1.54, 1.807) is 25.1 Å². The van der Waals surface area contributed by atoms with Crippen LogP contribution in [0, 0.1) is 5.92 Å². The van der Waals surface area contributed by atoms with Crippen molar-refractivity contribution < 1.29 is 14.1 Å². The van der Waals surface area contributed by atoms with Crippen molar-refractivity contribution in [1.29, 1.82) is 0 Å². The molecule has 0 spiro atoms. The fraction of sp³-hybridized carbons (Fsp3) is 0.722. The molecule has 7 heteroatoms. The summed E-state index contributed by atoms with van der Waals surface area (Å²) in [5.41, 5.74) is 0.396. The van der Waals surface area contributed by atoms with Gasteiger partial charge in [0.15, 0.2) is 5.69 Å². The number of amides is 2. The van der Waals surface area contributed by atoms with E-state index in [9.17, 15) is 9.59 Å². The van der Waals surface area contributed by atoms with Crippen molar-refractivity contribution in [1.82, 2.24) is 19.9 Å². The van der Waals surface area contributed by atoms with E-state index in [1.807, 2.05) is 18.7 Å². The number of carbonyl (C=O) groups is 2. The molecule has 3 fully saturated rings. The standard InChI is InChI=1S/C18H28N4O3/c1-12(2)16-7-15(19-25-16)18(24)22-9-13-5-6-14(22)10-21(8-13)11-17(23)20(3)4/h7,12-14H,5-6,8-11H2,1-4H3/t13-,14+/m1/s1. The van der Waals surface area contributed by atoms with E-state index in [0.717, 1.165) is 38.2 Å². The average molecular weight is 348 g/mol. The van der Waals surface area contributed by atoms with E-state index in [0.29, 0.717) is 18.2 Å². The Bertz CT molecular complexity index is 640. The largest absolute Gasteiger partial charge is 0.360 e. The van der Waals surface area contributed by atoms with Gasteiger partial charge in [0.05, 0.1) is 6.54 Å². The summed E-state index contributed by atoms with van der Waals surface area (Å²) < 4.78 is 5.29. The molecule has 0 aromatic carbocycles. The molecule has 1 aromatic rings. The quantitative estimate of drug-likeness (QED) is 0.823. The maximum Gasteiger partial charge on any atom is 0.276 e. The highest BCUT2D eigenvalue weighted by Crippen LogP contribution is 2.29. The van der Waals surface area contributed by atoms with Crippen LogP contribution in [-0.2, 0) is 4.79 Å². The Morgan fingerprint density at radius 2 is 2.04 bits per heavy atom. The minimum Gasteiger partial charge on any atom is -0.360 e. The number of rotatable bonds is 4. The molecule has 25 heavy (non-hydrogen) atoms. The normalized spacial score (nSPS) is 23.8. The minimum atomic E-state index is -0.0499. The van der Waals surface area contributed by atoms with Crippen LogP contribution in [0.1, 0.15) is 48.9 Å². The lowest BCUT2D eigenvalue weighted by Gasteiger charge is -2.35. The predicted molar refractivity (Wildman–Crippen MR) is 93.3 cm³/mol. The third-order valence-corrected chi connectivity index (χ3v) is 5.22. The fourth-order valence-electron chi connectivity index (χ4n) is 3.70. The first-order valence-electron chi connectivity index (χ1n) is 9.05. The van der Waals surface area contributed by atoms with Gasteiger partial charge in [-0.2, -0.15) is 0 Å². The van der Waals surface area contributed by atoms with Gasteiger partial charge >= 0.3 is 0 Å². The molecule has 4 rings (SSSR count). The maximum atomic E-state index is 12.9. The molecular weight excluding hydrogens is 320 g/mol. The molecule has 0 saturated carbocycles. The first kappa shape index (κ1) is 17.9. The van der Waals surface area contributed by atoms with E-state index in [1.165, 1.54) is 0 Å². The summed E-state index contributed by atoms with van der Waals surface area (Å²) in [7, 11) is 3.56. The summed E-state index contributed by atoms with van der Waals surface area (Å²) in [6.07, 6.45) is 2.09. The van der Waals surface area contributed by atoms with Crippen molar-refractivity contribution in [3.63, 3.8) is 0 Å². The summed E-state index contributed by atoms with van der Waals surface area (Å²) in [6, 6.07) is 1.90. The van der Waals surface area contributed by atoms with Crippen molar-refractivity contribution in [2.75, 3.05) is 40.3 Å². The van der Waals surface area contributed by atoms with Gasteiger partial charge in [-0.1, -0.05) is 19.0 Å². The number of aromatic nitrogens is 1. The number of likely N-dealkylation sites (N-methyl/N-ethyl adjacent to an activating group) is 1. The van der Waals surface area contributed by atoms with E-state index >= 15 is 0 Å². The summed E-state index contributed by atoms with van der Waals surface area (Å²) in [4.78, 5) is 30.7. The number of piperidine rings is 1. The van der Waals surface area contributed by atoms with Gasteiger partial charge in [-0.05, 0) is 18.8 Å². The number of nitrogens with zero attached hydrogens (tertiary/aromatic N) is 4. The van der Waals surface area contributed by atoms with Crippen molar-refractivity contribution in [2.24, 2.45) is 5.92 Å². The number of hydrogen-bond acceptors (Lipinski definition) is 5. The molecule has 3 aliphatic heterocycles. The van der Waals surface area contributed by atoms with Gasteiger partial charge in [-0.15, -0.1) is 0 Å². The van der Waals surface area contributed by atoms with Gasteiger partial charge in [0.2, 0.25) is 5.91 Å². The third-order valence-electron chi connectivity index (χ3n) is 5.22. The lowest BCUT2D eigenvalue weighted by Crippen LogP contribution is -2.48. The van der Waals surface area contributed by atoms with Crippen molar-refractivity contribution in [3.05, 3.63) is 17.5 Å². The van der Waals surface area contributed by atoms with E-state index in [2.05, 4.69) is 10.1 Å². The van der Waals surface area contributed by atoms with Crippen LogP contribution in [-0.4, -0.2) is 78.0 Å². The molecule has 138 valence electrons. The molecule has 3 saturated heterocycles. The molecule has 4 heterocycles. The summed E-state index contributed by atoms with van der Waals surface area (Å²) in [5.74, 6) is 1.42. The Balaban J connectivity index is 1.71. The Hall–Kier alpha value is -1.89. The van der Waals surface area contributed by atoms with Crippen molar-refractivity contribution >= 4 is 11.8 Å². The second-order valence-corrected chi connectivity index (χ2v) is 7.81. The average Bonchev–Trinajstić information content (AvgIpc) is 2.90. The maximum absolute atomic E-state index is 12.9. The molecule has 0 unspecified atom stereocenters. The number of hydrogen-bond donors (Lipinski definition) is 0. The summed E-state index contributed by atoms with van der Waals surface area (Å²) in [5, 5.41) is 3.98. The molecule has 2 amide bonds. The monoisotopic (exact) mass is 348 g/mol. The molecule has 2 atom stereocenters. The SMILES string of the molecule is CC(C)c1cc(C(=O)N2C[C@@H]3CC[C@H]2CN(CC(=O)N(C)C)C3)no1. The molecule has 3 aliphatic rings. The van der Waals surface area contributed by atoms with Crippen LogP contribution in [0.15, 0.2) is 10.6 Å².